The minimum atomic E-state index is -2.51. The summed E-state index contributed by atoms with van der Waals surface area (Å²) >= 11 is 6.63. The highest BCUT2D eigenvalue weighted by atomic mass is 35.5. The van der Waals surface area contributed by atoms with Gasteiger partial charge in [0.1, 0.15) is 17.0 Å². The van der Waals surface area contributed by atoms with Crippen molar-refractivity contribution < 1.29 is 28.3 Å². The van der Waals surface area contributed by atoms with Gasteiger partial charge in [-0.15, -0.1) is 0 Å². The van der Waals surface area contributed by atoms with Crippen LogP contribution in [0, 0.1) is 0 Å². The monoisotopic (exact) mass is 483 g/mol. The Balaban J connectivity index is 1.68. The first-order chi connectivity index (χ1) is 15.4. The van der Waals surface area contributed by atoms with E-state index in [1.165, 1.54) is 24.0 Å². The van der Waals surface area contributed by atoms with Crippen LogP contribution in [-0.4, -0.2) is 62.5 Å². The first kappa shape index (κ1) is 23.0. The van der Waals surface area contributed by atoms with Crippen molar-refractivity contribution >= 4 is 32.8 Å². The van der Waals surface area contributed by atoms with E-state index in [4.69, 9.17) is 25.8 Å². The fourth-order valence-corrected chi connectivity index (χ4v) is 6.24. The molecule has 0 amide bonds. The van der Waals surface area contributed by atoms with E-state index in [0.717, 1.165) is 19.3 Å². The summed E-state index contributed by atoms with van der Waals surface area (Å²) < 4.78 is 35.8. The predicted molar refractivity (Wildman–Crippen MR) is 119 cm³/mol. The van der Waals surface area contributed by atoms with E-state index in [1.807, 2.05) is 0 Å². The number of benzene rings is 1. The van der Waals surface area contributed by atoms with Crippen LogP contribution >= 0.6 is 11.6 Å². The quantitative estimate of drug-likeness (QED) is 0.600. The molecule has 0 bridgehead atoms. The zero-order chi connectivity index (χ0) is 22.7. The van der Waals surface area contributed by atoms with Crippen molar-refractivity contribution in [3.05, 3.63) is 34.5 Å². The number of ether oxygens (including phenoxy) is 3. The summed E-state index contributed by atoms with van der Waals surface area (Å²) in [5.74, 6) is 0.533. The minimum Gasteiger partial charge on any atom is -0.493 e. The molecule has 1 aromatic heterocycles. The summed E-state index contributed by atoms with van der Waals surface area (Å²) in [6.07, 6.45) is 4.14. The number of aromatic hydroxyl groups is 1. The number of ketones is 1. The average molecular weight is 484 g/mol. The summed E-state index contributed by atoms with van der Waals surface area (Å²) in [5.41, 5.74) is 0.342. The van der Waals surface area contributed by atoms with Crippen molar-refractivity contribution in [1.29, 1.82) is 0 Å². The second-order valence-corrected chi connectivity index (χ2v) is 10.7. The fourth-order valence-electron chi connectivity index (χ4n) is 3.69. The molecule has 9 nitrogen and oxygen atoms in total. The van der Waals surface area contributed by atoms with Gasteiger partial charge in [-0.1, -0.05) is 18.0 Å². The van der Waals surface area contributed by atoms with E-state index in [1.54, 1.807) is 6.07 Å². The highest BCUT2D eigenvalue weighted by Gasteiger charge is 2.25. The first-order valence-corrected chi connectivity index (χ1v) is 12.8. The Morgan fingerprint density at radius 3 is 2.66 bits per heavy atom. The van der Waals surface area contributed by atoms with Gasteiger partial charge in [-0.05, 0) is 25.0 Å². The van der Waals surface area contributed by atoms with Crippen LogP contribution in [0.25, 0.3) is 0 Å². The molecule has 0 unspecified atom stereocenters. The van der Waals surface area contributed by atoms with Gasteiger partial charge in [0, 0.05) is 30.5 Å². The molecule has 11 heteroatoms. The summed E-state index contributed by atoms with van der Waals surface area (Å²) in [6.45, 7) is 1.38. The minimum absolute atomic E-state index is 0.0198. The Hall–Kier alpha value is -2.14. The lowest BCUT2D eigenvalue weighted by molar-refractivity contribution is -0.0531. The van der Waals surface area contributed by atoms with Crippen molar-refractivity contribution in [2.45, 2.75) is 32.0 Å². The molecule has 1 aromatic carbocycles. The number of halogens is 1. The number of aromatic nitrogens is 2. The topological polar surface area (TPSA) is 112 Å². The molecule has 2 aromatic rings. The van der Waals surface area contributed by atoms with E-state index in [9.17, 15) is 14.1 Å². The van der Waals surface area contributed by atoms with Crippen molar-refractivity contribution in [2.75, 3.05) is 31.3 Å². The van der Waals surface area contributed by atoms with Gasteiger partial charge in [0.2, 0.25) is 11.7 Å². The van der Waals surface area contributed by atoms with Gasteiger partial charge in [0.25, 0.3) is 0 Å². The number of nitrogens with zero attached hydrogens (tertiary/aromatic N) is 3. The number of hydrogen-bond acceptors (Lipinski definition) is 8. The molecule has 4 rings (SSSR count). The lowest BCUT2D eigenvalue weighted by atomic mass is 10.0. The van der Waals surface area contributed by atoms with Gasteiger partial charge >= 0.3 is 0 Å². The Bertz CT molecular complexity index is 1110. The number of carbonyl (C=O) groups is 1. The van der Waals surface area contributed by atoms with Crippen molar-refractivity contribution in [3.63, 3.8) is 0 Å². The van der Waals surface area contributed by atoms with Crippen molar-refractivity contribution in [1.82, 2.24) is 9.78 Å². The fraction of sp³-hybridized carbons (Fsp3) is 0.524. The maximum absolute atomic E-state index is 13.3. The molecular formula is C21H26ClN3O6S. The molecule has 32 heavy (non-hydrogen) atoms. The zero-order valence-corrected chi connectivity index (χ0v) is 19.4. The van der Waals surface area contributed by atoms with Crippen LogP contribution < -0.4 is 4.74 Å². The highest BCUT2D eigenvalue weighted by Crippen LogP contribution is 2.41. The molecule has 2 aliphatic rings. The largest absolute Gasteiger partial charge is 0.493 e. The SMILES string of the molecule is Cn1ncc(C(=O)c2ccc(OCCC3OCCO3)c(N=S3(=O)CCCCC3)c2Cl)c1O. The summed E-state index contributed by atoms with van der Waals surface area (Å²) in [4.78, 5) is 13.0. The summed E-state index contributed by atoms with van der Waals surface area (Å²) in [6, 6.07) is 3.11. The maximum Gasteiger partial charge on any atom is 0.220 e. The maximum atomic E-state index is 13.3. The van der Waals surface area contributed by atoms with Gasteiger partial charge in [-0.3, -0.25) is 4.79 Å². The van der Waals surface area contributed by atoms with Crippen LogP contribution in [-0.2, 0) is 26.3 Å². The van der Waals surface area contributed by atoms with Crippen LogP contribution in [0.1, 0.15) is 41.6 Å². The Morgan fingerprint density at radius 2 is 2.00 bits per heavy atom. The highest BCUT2D eigenvalue weighted by molar-refractivity contribution is 7.93. The first-order valence-electron chi connectivity index (χ1n) is 10.5. The third-order valence-electron chi connectivity index (χ3n) is 5.46. The molecule has 174 valence electrons. The Morgan fingerprint density at radius 1 is 1.28 bits per heavy atom. The lowest BCUT2D eigenvalue weighted by Gasteiger charge is -2.18. The number of carbonyl (C=O) groups excluding carboxylic acids is 1. The second kappa shape index (κ2) is 9.78. The van der Waals surface area contributed by atoms with Crippen molar-refractivity contribution in [3.8, 4) is 11.6 Å². The summed E-state index contributed by atoms with van der Waals surface area (Å²) in [7, 11) is -0.981. The molecule has 2 aliphatic heterocycles. The van der Waals surface area contributed by atoms with Gasteiger partial charge in [0.15, 0.2) is 6.29 Å². The number of aryl methyl sites for hydroxylation is 1. The van der Waals surface area contributed by atoms with Gasteiger partial charge in [-0.2, -0.15) is 9.46 Å². The predicted octanol–water partition coefficient (Wildman–Crippen LogP) is 3.44. The van der Waals surface area contributed by atoms with Gasteiger partial charge < -0.3 is 19.3 Å². The molecule has 2 fully saturated rings. The van der Waals surface area contributed by atoms with Gasteiger partial charge in [0.05, 0.1) is 40.8 Å². The average Bonchev–Trinajstić information content (AvgIpc) is 3.41. The zero-order valence-electron chi connectivity index (χ0n) is 17.8. The van der Waals surface area contributed by atoms with Crippen LogP contribution in [0.15, 0.2) is 22.7 Å². The normalized spacial score (nSPS) is 18.6. The molecule has 3 heterocycles. The molecule has 0 saturated carbocycles. The Labute approximate surface area is 191 Å². The number of hydrogen-bond donors (Lipinski definition) is 1. The lowest BCUT2D eigenvalue weighted by Crippen LogP contribution is -2.16. The third kappa shape index (κ3) is 4.93. The van der Waals surface area contributed by atoms with Gasteiger partial charge in [-0.25, -0.2) is 8.89 Å². The smallest absolute Gasteiger partial charge is 0.220 e. The van der Waals surface area contributed by atoms with E-state index in [-0.39, 0.29) is 40.6 Å². The van der Waals surface area contributed by atoms with Crippen LogP contribution in [0.5, 0.6) is 11.6 Å². The third-order valence-corrected chi connectivity index (χ3v) is 8.21. The van der Waals surface area contributed by atoms with E-state index in [2.05, 4.69) is 9.46 Å². The van der Waals surface area contributed by atoms with E-state index in [0.29, 0.717) is 36.9 Å². The standard InChI is InChI=1S/C21H26ClN3O6S/c1-25-21(27)15(13-23-25)20(26)14-5-6-16(29-8-7-17-30-9-10-31-17)19(18(14)22)24-32(28)11-3-2-4-12-32/h5-6,13,17,27H,2-4,7-12H2,1H3. The van der Waals surface area contributed by atoms with Crippen LogP contribution in [0.2, 0.25) is 5.02 Å². The van der Waals surface area contributed by atoms with Crippen LogP contribution in [0.3, 0.4) is 0 Å². The molecule has 0 atom stereocenters. The Kier molecular flexibility index (Phi) is 7.04. The molecule has 0 spiro atoms. The molecule has 2 saturated heterocycles. The molecule has 0 radical (unpaired) electrons. The van der Waals surface area contributed by atoms with E-state index < -0.39 is 15.5 Å². The van der Waals surface area contributed by atoms with Crippen molar-refractivity contribution in [2.24, 2.45) is 11.4 Å². The summed E-state index contributed by atoms with van der Waals surface area (Å²) in [5, 5.41) is 14.1. The van der Waals surface area contributed by atoms with Crippen LogP contribution in [0.4, 0.5) is 5.69 Å². The molecular weight excluding hydrogens is 458 g/mol. The number of rotatable bonds is 7. The van der Waals surface area contributed by atoms with E-state index >= 15 is 0 Å². The molecule has 1 N–H and O–H groups in total. The second-order valence-electron chi connectivity index (χ2n) is 7.75. The molecule has 0 aliphatic carbocycles.